The Morgan fingerprint density at radius 3 is 2.57 bits per heavy atom. The summed E-state index contributed by atoms with van der Waals surface area (Å²) in [5.74, 6) is -1.88. The Labute approximate surface area is 216 Å². The molecule has 2 amide bonds. The summed E-state index contributed by atoms with van der Waals surface area (Å²) in [6.45, 7) is 4.82. The maximum Gasteiger partial charge on any atom is 0.316 e. The third-order valence-electron chi connectivity index (χ3n) is 7.02. The Bertz CT molecular complexity index is 864. The molecule has 3 rings (SSSR count). The van der Waals surface area contributed by atoms with Crippen LogP contribution < -0.4 is 16.4 Å². The molecule has 3 fully saturated rings. The lowest BCUT2D eigenvalue weighted by Crippen LogP contribution is -2.64. The van der Waals surface area contributed by atoms with Crippen LogP contribution in [-0.2, 0) is 14.2 Å². The molecular weight excluding hydrogens is 488 g/mol. The standard InChI is InChI=1S/C24H40N4O9/c1-4-5-14(36-21-20(32)17(26)19(31)13(3)35-21)8-16-18(27-22(33)28-23(11-25)6-7-23)15(30)10-24(34,37-16)9-12(2)29/h4-5,12-21,29-32,34H,6-10,26H2,1-3H3,(H2,27,28,33)/b5-4+/t12-,13+,14-,15-,16-,17-,18+,19+,20-,21-,24+/m0/s1. The van der Waals surface area contributed by atoms with Crippen LogP contribution in [0.15, 0.2) is 12.2 Å². The lowest BCUT2D eigenvalue weighted by molar-refractivity contribution is -0.302. The van der Waals surface area contributed by atoms with Crippen molar-refractivity contribution in [2.24, 2.45) is 5.73 Å². The van der Waals surface area contributed by atoms with E-state index in [0.29, 0.717) is 12.8 Å². The number of aliphatic hydroxyl groups is 5. The molecule has 13 heteroatoms. The van der Waals surface area contributed by atoms with Crippen molar-refractivity contribution in [3.8, 4) is 6.07 Å². The van der Waals surface area contributed by atoms with Gasteiger partial charge in [-0.1, -0.05) is 12.2 Å². The van der Waals surface area contributed by atoms with E-state index in [-0.39, 0.29) is 19.3 Å². The molecule has 2 aliphatic heterocycles. The van der Waals surface area contributed by atoms with Gasteiger partial charge in [0.15, 0.2) is 12.1 Å². The van der Waals surface area contributed by atoms with Gasteiger partial charge in [0, 0.05) is 19.3 Å². The Morgan fingerprint density at radius 2 is 2.00 bits per heavy atom. The number of rotatable bonds is 9. The summed E-state index contributed by atoms with van der Waals surface area (Å²) < 4.78 is 17.5. The van der Waals surface area contributed by atoms with E-state index in [9.17, 15) is 35.6 Å². The second-order valence-electron chi connectivity index (χ2n) is 10.4. The lowest BCUT2D eigenvalue weighted by Gasteiger charge is -2.46. The number of ether oxygens (including phenoxy) is 3. The van der Waals surface area contributed by atoms with Crippen molar-refractivity contribution in [1.29, 1.82) is 5.26 Å². The Balaban J connectivity index is 1.78. The number of nitrogens with zero attached hydrogens (tertiary/aromatic N) is 1. The number of nitrogens with one attached hydrogen (secondary N) is 2. The SMILES string of the molecule is C/C=C/[C@@H](C[C@@H]1O[C@](O)(C[C@H](C)O)C[C@H](O)[C@H]1NC(=O)NC1(C#N)CC1)O[C@@H]1O[C@H](C)[C@@H](O)[C@H](N)[C@@H]1O. The van der Waals surface area contributed by atoms with Gasteiger partial charge in [-0.25, -0.2) is 4.79 Å². The summed E-state index contributed by atoms with van der Waals surface area (Å²) in [6.07, 6.45) is -4.34. The fourth-order valence-electron chi connectivity index (χ4n) is 4.85. The van der Waals surface area contributed by atoms with Gasteiger partial charge in [-0.15, -0.1) is 0 Å². The van der Waals surface area contributed by atoms with Crippen LogP contribution in [0.3, 0.4) is 0 Å². The van der Waals surface area contributed by atoms with Crippen LogP contribution in [0.1, 0.15) is 52.9 Å². The number of hydrogen-bond acceptors (Lipinski definition) is 11. The normalized spacial score (nSPS) is 41.0. The molecule has 2 heterocycles. The predicted molar refractivity (Wildman–Crippen MR) is 128 cm³/mol. The summed E-state index contributed by atoms with van der Waals surface area (Å²) in [5, 5.41) is 66.9. The van der Waals surface area contributed by atoms with Gasteiger partial charge in [0.1, 0.15) is 11.6 Å². The van der Waals surface area contributed by atoms with Gasteiger partial charge in [-0.05, 0) is 33.6 Å². The number of carbonyl (C=O) groups is 1. The highest BCUT2D eigenvalue weighted by molar-refractivity contribution is 5.76. The topological polar surface area (TPSA) is 220 Å². The van der Waals surface area contributed by atoms with Crippen molar-refractivity contribution in [3.63, 3.8) is 0 Å². The smallest absolute Gasteiger partial charge is 0.316 e. The second-order valence-corrected chi connectivity index (χ2v) is 10.4. The maximum absolute atomic E-state index is 12.7. The van der Waals surface area contributed by atoms with Crippen molar-refractivity contribution >= 4 is 6.03 Å². The summed E-state index contributed by atoms with van der Waals surface area (Å²) in [5.41, 5.74) is 4.98. The minimum absolute atomic E-state index is 0.00336. The maximum atomic E-state index is 12.7. The van der Waals surface area contributed by atoms with E-state index in [1.54, 1.807) is 26.0 Å². The van der Waals surface area contributed by atoms with Crippen molar-refractivity contribution in [2.75, 3.05) is 0 Å². The average molecular weight is 529 g/mol. The molecule has 0 unspecified atom stereocenters. The highest BCUT2D eigenvalue weighted by Crippen LogP contribution is 2.36. The van der Waals surface area contributed by atoms with Crippen molar-refractivity contribution in [1.82, 2.24) is 10.6 Å². The Hall–Kier alpha value is -1.86. The number of allylic oxidation sites excluding steroid dienone is 1. The van der Waals surface area contributed by atoms with Gasteiger partial charge >= 0.3 is 6.03 Å². The Kier molecular flexibility index (Phi) is 9.55. The third kappa shape index (κ3) is 7.38. The number of hydrogen-bond donors (Lipinski definition) is 8. The molecular formula is C24H40N4O9. The molecule has 13 nitrogen and oxygen atoms in total. The molecule has 0 aromatic carbocycles. The number of aliphatic hydroxyl groups excluding tert-OH is 4. The zero-order chi connectivity index (χ0) is 27.5. The first-order chi connectivity index (χ1) is 17.3. The molecule has 0 spiro atoms. The molecule has 0 bridgehead atoms. The molecule has 1 aliphatic carbocycles. The highest BCUT2D eigenvalue weighted by Gasteiger charge is 2.50. The monoisotopic (exact) mass is 528 g/mol. The van der Waals surface area contributed by atoms with Crippen LogP contribution in [0.2, 0.25) is 0 Å². The average Bonchev–Trinajstić information content (AvgIpc) is 3.57. The van der Waals surface area contributed by atoms with Gasteiger partial charge in [-0.2, -0.15) is 5.26 Å². The molecule has 3 aliphatic rings. The minimum atomic E-state index is -1.88. The Morgan fingerprint density at radius 1 is 1.32 bits per heavy atom. The molecule has 210 valence electrons. The first kappa shape index (κ1) is 29.7. The number of nitrogens with two attached hydrogens (primary N) is 1. The third-order valence-corrected chi connectivity index (χ3v) is 7.02. The van der Waals surface area contributed by atoms with Gasteiger partial charge in [-0.3, -0.25) is 0 Å². The predicted octanol–water partition coefficient (Wildman–Crippen LogP) is -1.54. The van der Waals surface area contributed by atoms with Crippen LogP contribution in [0, 0.1) is 11.3 Å². The van der Waals surface area contributed by atoms with E-state index in [4.69, 9.17) is 19.9 Å². The number of urea groups is 1. The first-order valence-corrected chi connectivity index (χ1v) is 12.6. The summed E-state index contributed by atoms with van der Waals surface area (Å²) in [6, 6.07) is -0.610. The van der Waals surface area contributed by atoms with E-state index in [2.05, 4.69) is 16.7 Å². The van der Waals surface area contributed by atoms with E-state index in [1.807, 2.05) is 0 Å². The largest absolute Gasteiger partial charge is 0.393 e. The molecule has 2 saturated heterocycles. The van der Waals surface area contributed by atoms with E-state index >= 15 is 0 Å². The van der Waals surface area contributed by atoms with E-state index in [1.165, 1.54) is 6.92 Å². The summed E-state index contributed by atoms with van der Waals surface area (Å²) >= 11 is 0. The lowest BCUT2D eigenvalue weighted by atomic mass is 9.88. The van der Waals surface area contributed by atoms with Crippen LogP contribution in [0.25, 0.3) is 0 Å². The minimum Gasteiger partial charge on any atom is -0.393 e. The van der Waals surface area contributed by atoms with Crippen LogP contribution >= 0.6 is 0 Å². The molecule has 11 atom stereocenters. The molecule has 0 aromatic heterocycles. The van der Waals surface area contributed by atoms with E-state index in [0.717, 1.165) is 0 Å². The van der Waals surface area contributed by atoms with Crippen molar-refractivity contribution < 1.29 is 44.5 Å². The van der Waals surface area contributed by atoms with Gasteiger partial charge < -0.3 is 56.1 Å². The quantitative estimate of drug-likeness (QED) is 0.160. The zero-order valence-electron chi connectivity index (χ0n) is 21.4. The molecule has 37 heavy (non-hydrogen) atoms. The van der Waals surface area contributed by atoms with Gasteiger partial charge in [0.05, 0.1) is 54.8 Å². The van der Waals surface area contributed by atoms with Crippen LogP contribution in [0.4, 0.5) is 4.79 Å². The molecule has 0 radical (unpaired) electrons. The van der Waals surface area contributed by atoms with Crippen LogP contribution in [-0.4, -0.2) is 104 Å². The van der Waals surface area contributed by atoms with E-state index < -0.39 is 78.5 Å². The van der Waals surface area contributed by atoms with Crippen LogP contribution in [0.5, 0.6) is 0 Å². The first-order valence-electron chi connectivity index (χ1n) is 12.6. The molecule has 0 aromatic rings. The molecule has 1 saturated carbocycles. The molecule has 9 N–H and O–H groups in total. The van der Waals surface area contributed by atoms with Gasteiger partial charge in [0.25, 0.3) is 0 Å². The highest BCUT2D eigenvalue weighted by atomic mass is 16.7. The van der Waals surface area contributed by atoms with Crippen molar-refractivity contribution in [2.45, 2.75) is 125 Å². The van der Waals surface area contributed by atoms with Gasteiger partial charge in [0.2, 0.25) is 0 Å². The number of nitriles is 1. The fourth-order valence-corrected chi connectivity index (χ4v) is 4.85. The fraction of sp³-hybridized carbons (Fsp3) is 0.833. The number of amides is 2. The zero-order valence-corrected chi connectivity index (χ0v) is 21.4. The summed E-state index contributed by atoms with van der Waals surface area (Å²) in [7, 11) is 0. The summed E-state index contributed by atoms with van der Waals surface area (Å²) in [4.78, 5) is 12.7. The second kappa shape index (κ2) is 11.9. The van der Waals surface area contributed by atoms with Crippen molar-refractivity contribution in [3.05, 3.63) is 12.2 Å². The number of carbonyl (C=O) groups excluding carboxylic acids is 1.